The zero-order valence-corrected chi connectivity index (χ0v) is 18.9. The molecule has 0 aliphatic heterocycles. The van der Waals surface area contributed by atoms with E-state index in [4.69, 9.17) is 4.74 Å². The highest BCUT2D eigenvalue weighted by molar-refractivity contribution is 7.89. The number of carbonyl (C=O) groups excluding carboxylic acids is 2. The predicted octanol–water partition coefficient (Wildman–Crippen LogP) is 2.48. The van der Waals surface area contributed by atoms with E-state index in [1.807, 2.05) is 0 Å². The number of halogens is 1. The third-order valence-electron chi connectivity index (χ3n) is 4.46. The Morgan fingerprint density at radius 1 is 1.03 bits per heavy atom. The molecule has 2 aromatic carbocycles. The molecule has 0 aliphatic carbocycles. The maximum Gasteiger partial charge on any atom is 0.279 e. The van der Waals surface area contributed by atoms with Crippen molar-refractivity contribution in [2.45, 2.75) is 31.8 Å². The fourth-order valence-electron chi connectivity index (χ4n) is 2.67. The van der Waals surface area contributed by atoms with Gasteiger partial charge >= 0.3 is 0 Å². The summed E-state index contributed by atoms with van der Waals surface area (Å²) >= 11 is 0. The number of ether oxygens (including phenoxy) is 1. The van der Waals surface area contributed by atoms with Gasteiger partial charge in [0.25, 0.3) is 11.8 Å². The average Bonchev–Trinajstić information content (AvgIpc) is 2.78. The lowest BCUT2D eigenvalue weighted by Gasteiger charge is -2.18. The molecule has 0 spiro atoms. The summed E-state index contributed by atoms with van der Waals surface area (Å²) in [6, 6.07) is 11.3. The summed E-state index contributed by atoms with van der Waals surface area (Å²) in [6.07, 6.45) is 1.75. The second-order valence-corrected chi connectivity index (χ2v) is 8.62. The van der Waals surface area contributed by atoms with E-state index in [1.165, 1.54) is 59.8 Å². The largest absolute Gasteiger partial charge is 0.481 e. The number of hydrazine groups is 1. The van der Waals surface area contributed by atoms with Gasteiger partial charge in [-0.15, -0.1) is 0 Å². The Morgan fingerprint density at radius 3 is 2.19 bits per heavy atom. The number of carbonyl (C=O) groups is 2. The minimum absolute atomic E-state index is 0.171. The predicted molar refractivity (Wildman–Crippen MR) is 118 cm³/mol. The van der Waals surface area contributed by atoms with Crippen molar-refractivity contribution in [1.82, 2.24) is 15.2 Å². The lowest BCUT2D eigenvalue weighted by Crippen LogP contribution is -2.46. The Kier molecular flexibility index (Phi) is 8.91. The second kappa shape index (κ2) is 11.4. The Balaban J connectivity index is 1.87. The van der Waals surface area contributed by atoms with E-state index in [1.54, 1.807) is 26.0 Å². The molecule has 2 rings (SSSR count). The zero-order chi connectivity index (χ0) is 23.7. The molecule has 2 amide bonds. The Bertz CT molecular complexity index is 1050. The van der Waals surface area contributed by atoms with Gasteiger partial charge in [0.15, 0.2) is 6.10 Å². The van der Waals surface area contributed by atoms with Crippen molar-refractivity contribution in [3.63, 3.8) is 0 Å². The molecule has 0 saturated carbocycles. The molecule has 0 bridgehead atoms. The van der Waals surface area contributed by atoms with Crippen LogP contribution >= 0.6 is 0 Å². The van der Waals surface area contributed by atoms with Gasteiger partial charge in [0.05, 0.1) is 4.90 Å². The Labute approximate surface area is 187 Å². The first kappa shape index (κ1) is 25.0. The monoisotopic (exact) mass is 463 g/mol. The molecule has 10 heteroatoms. The number of nitrogens with one attached hydrogen (secondary N) is 2. The standard InChI is InChI=1S/C22H26FN3O5S/c1-4-26(5-2)32(29,30)20-13-6-17(7-14-20)8-15-21(27)24-25-22(28)16(3)31-19-11-9-18(23)10-12-19/h6-16H,4-5H2,1-3H3,(H,24,27)(H,25,28)/b15-8+. The van der Waals surface area contributed by atoms with Crippen LogP contribution in [0.1, 0.15) is 26.3 Å². The van der Waals surface area contributed by atoms with Gasteiger partial charge < -0.3 is 4.74 Å². The average molecular weight is 464 g/mol. The van der Waals surface area contributed by atoms with Crippen molar-refractivity contribution in [2.24, 2.45) is 0 Å². The molecule has 0 aromatic heterocycles. The van der Waals surface area contributed by atoms with Crippen molar-refractivity contribution >= 4 is 27.9 Å². The van der Waals surface area contributed by atoms with Crippen LogP contribution in [0, 0.1) is 5.82 Å². The van der Waals surface area contributed by atoms with Crippen LogP contribution in [0.25, 0.3) is 6.08 Å². The molecule has 2 aromatic rings. The Hall–Kier alpha value is -3.24. The molecule has 2 N–H and O–H groups in total. The first-order chi connectivity index (χ1) is 15.2. The highest BCUT2D eigenvalue weighted by Crippen LogP contribution is 2.17. The van der Waals surface area contributed by atoms with Crippen molar-refractivity contribution in [1.29, 1.82) is 0 Å². The molecule has 0 saturated heterocycles. The van der Waals surface area contributed by atoms with Gasteiger partial charge in [0.1, 0.15) is 11.6 Å². The molecule has 8 nitrogen and oxygen atoms in total. The fourth-order valence-corrected chi connectivity index (χ4v) is 4.13. The summed E-state index contributed by atoms with van der Waals surface area (Å²) in [5.74, 6) is -1.30. The van der Waals surface area contributed by atoms with E-state index < -0.39 is 33.8 Å². The number of amides is 2. The second-order valence-electron chi connectivity index (χ2n) is 6.68. The number of benzene rings is 2. The van der Waals surface area contributed by atoms with Crippen LogP contribution in [0.5, 0.6) is 5.75 Å². The SMILES string of the molecule is CCN(CC)S(=O)(=O)c1ccc(/C=C/C(=O)NNC(=O)C(C)Oc2ccc(F)cc2)cc1. The summed E-state index contributed by atoms with van der Waals surface area (Å²) < 4.78 is 44.6. The van der Waals surface area contributed by atoms with Crippen molar-refractivity contribution in [3.05, 3.63) is 66.0 Å². The van der Waals surface area contributed by atoms with Gasteiger partial charge in [0, 0.05) is 19.2 Å². The zero-order valence-electron chi connectivity index (χ0n) is 18.0. The molecule has 0 heterocycles. The van der Waals surface area contributed by atoms with Crippen LogP contribution in [0.3, 0.4) is 0 Å². The molecular formula is C22H26FN3O5S. The normalized spacial score (nSPS) is 12.5. The highest BCUT2D eigenvalue weighted by Gasteiger charge is 2.21. The van der Waals surface area contributed by atoms with Gasteiger partial charge in [-0.2, -0.15) is 4.31 Å². The first-order valence-corrected chi connectivity index (χ1v) is 11.4. The van der Waals surface area contributed by atoms with Gasteiger partial charge in [-0.05, 0) is 55.0 Å². The molecule has 0 radical (unpaired) electrons. The van der Waals surface area contributed by atoms with Crippen molar-refractivity contribution in [2.75, 3.05) is 13.1 Å². The fraction of sp³-hybridized carbons (Fsp3) is 0.273. The lowest BCUT2D eigenvalue weighted by molar-refractivity contribution is -0.131. The number of hydrogen-bond acceptors (Lipinski definition) is 5. The van der Waals surface area contributed by atoms with E-state index in [0.29, 0.717) is 24.4 Å². The van der Waals surface area contributed by atoms with E-state index in [-0.39, 0.29) is 4.90 Å². The minimum atomic E-state index is -3.55. The van der Waals surface area contributed by atoms with Gasteiger partial charge in [0.2, 0.25) is 10.0 Å². The molecule has 1 unspecified atom stereocenters. The number of sulfonamides is 1. The molecule has 172 valence electrons. The van der Waals surface area contributed by atoms with Crippen LogP contribution in [-0.2, 0) is 19.6 Å². The van der Waals surface area contributed by atoms with Crippen LogP contribution in [0.2, 0.25) is 0 Å². The van der Waals surface area contributed by atoms with Gasteiger partial charge in [-0.3, -0.25) is 20.4 Å². The highest BCUT2D eigenvalue weighted by atomic mass is 32.2. The van der Waals surface area contributed by atoms with Crippen molar-refractivity contribution in [3.8, 4) is 5.75 Å². The number of hydrogen-bond donors (Lipinski definition) is 2. The van der Waals surface area contributed by atoms with Gasteiger partial charge in [-0.25, -0.2) is 12.8 Å². The molecular weight excluding hydrogens is 437 g/mol. The van der Waals surface area contributed by atoms with Crippen LogP contribution in [-0.4, -0.2) is 43.7 Å². The number of rotatable bonds is 9. The van der Waals surface area contributed by atoms with Crippen LogP contribution < -0.4 is 15.6 Å². The first-order valence-electron chi connectivity index (χ1n) is 9.97. The molecule has 32 heavy (non-hydrogen) atoms. The molecule has 0 fully saturated rings. The summed E-state index contributed by atoms with van der Waals surface area (Å²) in [4.78, 5) is 24.1. The summed E-state index contributed by atoms with van der Waals surface area (Å²) in [5.41, 5.74) is 5.07. The third-order valence-corrected chi connectivity index (χ3v) is 6.52. The van der Waals surface area contributed by atoms with Crippen LogP contribution in [0.15, 0.2) is 59.5 Å². The topological polar surface area (TPSA) is 105 Å². The van der Waals surface area contributed by atoms with E-state index >= 15 is 0 Å². The van der Waals surface area contributed by atoms with Crippen LogP contribution in [0.4, 0.5) is 4.39 Å². The van der Waals surface area contributed by atoms with Crippen molar-refractivity contribution < 1.29 is 27.1 Å². The Morgan fingerprint density at radius 2 is 1.62 bits per heavy atom. The van der Waals surface area contributed by atoms with E-state index in [0.717, 1.165) is 0 Å². The minimum Gasteiger partial charge on any atom is -0.481 e. The maximum absolute atomic E-state index is 12.9. The van der Waals surface area contributed by atoms with E-state index in [9.17, 15) is 22.4 Å². The summed E-state index contributed by atoms with van der Waals surface area (Å²) in [5, 5.41) is 0. The summed E-state index contributed by atoms with van der Waals surface area (Å²) in [6.45, 7) is 5.77. The summed E-state index contributed by atoms with van der Waals surface area (Å²) in [7, 11) is -3.55. The maximum atomic E-state index is 12.9. The smallest absolute Gasteiger partial charge is 0.279 e. The lowest BCUT2D eigenvalue weighted by atomic mass is 10.2. The number of nitrogens with zero attached hydrogens (tertiary/aromatic N) is 1. The van der Waals surface area contributed by atoms with E-state index in [2.05, 4.69) is 10.9 Å². The molecule has 1 atom stereocenters. The van der Waals surface area contributed by atoms with Gasteiger partial charge in [-0.1, -0.05) is 26.0 Å². The molecule has 0 aliphatic rings. The third kappa shape index (κ3) is 6.89. The quantitative estimate of drug-likeness (QED) is 0.439.